The highest BCUT2D eigenvalue weighted by Gasteiger charge is 2.41. The van der Waals surface area contributed by atoms with Gasteiger partial charge in [0.25, 0.3) is 17.6 Å². The van der Waals surface area contributed by atoms with E-state index in [-0.39, 0.29) is 48.4 Å². The lowest BCUT2D eigenvalue weighted by Crippen LogP contribution is -2.52. The maximum absolute atomic E-state index is 13.3. The predicted molar refractivity (Wildman–Crippen MR) is 184 cm³/mol. The van der Waals surface area contributed by atoms with Crippen molar-refractivity contribution in [3.63, 3.8) is 0 Å². The first kappa shape index (κ1) is 35.7. The van der Waals surface area contributed by atoms with E-state index in [0.717, 1.165) is 47.0 Å². The van der Waals surface area contributed by atoms with E-state index in [4.69, 9.17) is 9.78 Å². The first-order chi connectivity index (χ1) is 26.0. The van der Waals surface area contributed by atoms with Gasteiger partial charge in [-0.1, -0.05) is 24.3 Å². The first-order valence-electron chi connectivity index (χ1n) is 18.3. The molecule has 284 valence electrons. The van der Waals surface area contributed by atoms with E-state index in [0.29, 0.717) is 69.1 Å². The average Bonchev–Trinajstić information content (AvgIpc) is 3.76. The number of piperidine rings is 3. The second-order valence-corrected chi connectivity index (χ2v) is 14.4. The number of amidine groups is 1. The zero-order valence-corrected chi connectivity index (χ0v) is 29.4. The number of halogens is 3. The second kappa shape index (κ2) is 14.5. The Morgan fingerprint density at radius 1 is 0.852 bits per heavy atom. The van der Waals surface area contributed by atoms with Gasteiger partial charge in [-0.25, -0.2) is 0 Å². The minimum absolute atomic E-state index is 0.172. The summed E-state index contributed by atoms with van der Waals surface area (Å²) in [5.41, 5.74) is 3.67. The fraction of sp³-hybridized carbons (Fsp3) is 0.486. The van der Waals surface area contributed by atoms with Gasteiger partial charge >= 0.3 is 6.18 Å². The third kappa shape index (κ3) is 7.15. The quantitative estimate of drug-likeness (QED) is 0.217. The van der Waals surface area contributed by atoms with Crippen LogP contribution in [0.2, 0.25) is 0 Å². The van der Waals surface area contributed by atoms with Crippen LogP contribution < -0.4 is 10.2 Å². The Hall–Kier alpha value is -5.32. The molecule has 1 N–H and O–H groups in total. The minimum atomic E-state index is -4.62. The standard InChI is InChI=1S/C37H39F3N8O6/c38-37(39,40)36-43-42-30-8-9-31(44-48(30)36)45-15-11-23(12-16-45)22-1-4-27(5-2-22)54-53-21-33(50)46-17-13-24(14-18-46)25-3-6-28-26(19-25)20-47(35(28)52)29-7-10-32(49)41-34(29)51/h1-6,19,23-24,29H,7-18,20-21H2,(H,41,49,51). The topological polar surface area (TPSA) is 152 Å². The number of aryl methyl sites for hydroxylation is 1. The SMILES string of the molecule is O=C1CCC(N2Cc3cc(C4CCN(C(=O)COOc5ccc(C6CCN(C7=Nn8c(nnc8C(F)(F)F)CC7)CC6)cc5)CC4)ccc3C2=O)C(=O)N1. The highest BCUT2D eigenvalue weighted by molar-refractivity contribution is 6.05. The molecule has 17 heteroatoms. The van der Waals surface area contributed by atoms with Crippen LogP contribution in [-0.4, -0.2) is 97.9 Å². The molecule has 0 spiro atoms. The Balaban J connectivity index is 0.767. The summed E-state index contributed by atoms with van der Waals surface area (Å²) in [4.78, 5) is 66.0. The van der Waals surface area contributed by atoms with Crippen molar-refractivity contribution >= 4 is 29.5 Å². The van der Waals surface area contributed by atoms with Gasteiger partial charge < -0.3 is 19.6 Å². The molecule has 1 aromatic heterocycles. The lowest BCUT2D eigenvalue weighted by molar-refractivity contribution is -0.211. The van der Waals surface area contributed by atoms with Crippen LogP contribution in [-0.2, 0) is 38.4 Å². The van der Waals surface area contributed by atoms with E-state index >= 15 is 0 Å². The molecular formula is C37H39F3N8O6. The van der Waals surface area contributed by atoms with Gasteiger partial charge in [0, 0.05) is 57.5 Å². The van der Waals surface area contributed by atoms with Crippen molar-refractivity contribution in [1.82, 2.24) is 34.9 Å². The van der Waals surface area contributed by atoms with Gasteiger partial charge in [0.05, 0.1) is 0 Å². The number of fused-ring (bicyclic) bond motifs is 2. The molecule has 8 rings (SSSR count). The molecular weight excluding hydrogens is 709 g/mol. The van der Waals surface area contributed by atoms with Gasteiger partial charge in [-0.2, -0.15) is 27.8 Å². The first-order valence-corrected chi connectivity index (χ1v) is 18.3. The van der Waals surface area contributed by atoms with Crippen LogP contribution in [0.25, 0.3) is 0 Å². The molecule has 3 fully saturated rings. The molecule has 1 atom stereocenters. The molecule has 5 aliphatic rings. The molecule has 54 heavy (non-hydrogen) atoms. The highest BCUT2D eigenvalue weighted by Crippen LogP contribution is 2.35. The third-order valence-electron chi connectivity index (χ3n) is 11.2. The number of imide groups is 1. The van der Waals surface area contributed by atoms with Crippen LogP contribution in [0.15, 0.2) is 47.6 Å². The Labute approximate surface area is 308 Å². The molecule has 14 nitrogen and oxygen atoms in total. The van der Waals surface area contributed by atoms with E-state index in [1.165, 1.54) is 0 Å². The third-order valence-corrected chi connectivity index (χ3v) is 11.2. The number of aromatic nitrogens is 3. The highest BCUT2D eigenvalue weighted by atomic mass is 19.4. The van der Waals surface area contributed by atoms with Crippen LogP contribution >= 0.6 is 0 Å². The number of nitrogens with one attached hydrogen (secondary N) is 1. The number of carbonyl (C=O) groups is 4. The van der Waals surface area contributed by atoms with Crippen molar-refractivity contribution in [2.75, 3.05) is 32.8 Å². The van der Waals surface area contributed by atoms with E-state index in [1.54, 1.807) is 21.9 Å². The maximum Gasteiger partial charge on any atom is 0.453 e. The molecule has 0 aliphatic carbocycles. The van der Waals surface area contributed by atoms with Crippen LogP contribution in [0.4, 0.5) is 13.2 Å². The summed E-state index contributed by atoms with van der Waals surface area (Å²) in [7, 11) is 0. The largest absolute Gasteiger partial charge is 0.453 e. The summed E-state index contributed by atoms with van der Waals surface area (Å²) in [5.74, 6) is -0.421. The second-order valence-electron chi connectivity index (χ2n) is 14.4. The Kier molecular flexibility index (Phi) is 9.58. The molecule has 3 aromatic rings. The summed E-state index contributed by atoms with van der Waals surface area (Å²) in [6, 6.07) is 12.7. The predicted octanol–water partition coefficient (Wildman–Crippen LogP) is 3.76. The van der Waals surface area contributed by atoms with Crippen molar-refractivity contribution in [3.8, 4) is 5.75 Å². The maximum atomic E-state index is 13.3. The van der Waals surface area contributed by atoms with Crippen molar-refractivity contribution in [2.24, 2.45) is 5.10 Å². The number of nitrogens with zero attached hydrogens (tertiary/aromatic N) is 7. The molecule has 3 saturated heterocycles. The number of benzene rings is 2. The van der Waals surface area contributed by atoms with E-state index in [2.05, 4.69) is 20.6 Å². The number of likely N-dealkylation sites (tertiary alicyclic amines) is 2. The van der Waals surface area contributed by atoms with Crippen molar-refractivity contribution < 1.29 is 42.1 Å². The minimum Gasteiger partial charge on any atom is -0.359 e. The molecule has 4 amide bonds. The number of rotatable bonds is 7. The molecule has 0 radical (unpaired) electrons. The summed E-state index contributed by atoms with van der Waals surface area (Å²) < 4.78 is 40.8. The lowest BCUT2D eigenvalue weighted by atomic mass is 9.88. The van der Waals surface area contributed by atoms with Crippen molar-refractivity contribution in [1.29, 1.82) is 0 Å². The lowest BCUT2D eigenvalue weighted by Gasteiger charge is -2.35. The molecule has 2 aromatic carbocycles. The van der Waals surface area contributed by atoms with Crippen molar-refractivity contribution in [2.45, 2.75) is 82.0 Å². The van der Waals surface area contributed by atoms with Crippen LogP contribution in [0, 0.1) is 0 Å². The summed E-state index contributed by atoms with van der Waals surface area (Å²) in [6.07, 6.45) is -0.0721. The Morgan fingerprint density at radius 2 is 1.56 bits per heavy atom. The monoisotopic (exact) mass is 748 g/mol. The fourth-order valence-corrected chi connectivity index (χ4v) is 8.18. The number of hydrogen-bond donors (Lipinski definition) is 1. The van der Waals surface area contributed by atoms with Gasteiger partial charge in [0.1, 0.15) is 11.9 Å². The number of carbonyl (C=O) groups excluding carboxylic acids is 4. The van der Waals surface area contributed by atoms with Crippen molar-refractivity contribution in [3.05, 3.63) is 76.4 Å². The van der Waals surface area contributed by atoms with Gasteiger partial charge in [-0.15, -0.1) is 10.2 Å². The average molecular weight is 749 g/mol. The summed E-state index contributed by atoms with van der Waals surface area (Å²) in [5, 5.41) is 13.5. The summed E-state index contributed by atoms with van der Waals surface area (Å²) in [6.45, 7) is 2.55. The Morgan fingerprint density at radius 3 is 2.28 bits per heavy atom. The molecule has 6 heterocycles. The van der Waals surface area contributed by atoms with Gasteiger partial charge in [-0.05, 0) is 78.8 Å². The van der Waals surface area contributed by atoms with Gasteiger partial charge in [0.2, 0.25) is 11.8 Å². The van der Waals surface area contributed by atoms with E-state index < -0.39 is 23.9 Å². The molecule has 0 bridgehead atoms. The van der Waals surface area contributed by atoms with Crippen LogP contribution in [0.1, 0.15) is 95.5 Å². The van der Waals surface area contributed by atoms with Gasteiger partial charge in [-0.3, -0.25) is 24.5 Å². The normalized spacial score (nSPS) is 21.2. The van der Waals surface area contributed by atoms with Gasteiger partial charge in [0.15, 0.2) is 18.2 Å². The zero-order valence-electron chi connectivity index (χ0n) is 29.4. The number of alkyl halides is 3. The molecule has 0 saturated carbocycles. The summed E-state index contributed by atoms with van der Waals surface area (Å²) >= 11 is 0. The van der Waals surface area contributed by atoms with Crippen LogP contribution in [0.5, 0.6) is 5.75 Å². The smallest absolute Gasteiger partial charge is 0.359 e. The fourth-order valence-electron chi connectivity index (χ4n) is 8.18. The molecule has 1 unspecified atom stereocenters. The molecule has 5 aliphatic heterocycles. The van der Waals surface area contributed by atoms with E-state index in [1.807, 2.05) is 35.2 Å². The Bertz CT molecular complexity index is 1980. The number of amides is 4. The number of hydrogen-bond acceptors (Lipinski definition) is 10. The van der Waals surface area contributed by atoms with Crippen LogP contribution in [0.3, 0.4) is 0 Å². The van der Waals surface area contributed by atoms with E-state index in [9.17, 15) is 32.3 Å². The zero-order chi connectivity index (χ0) is 37.6.